The predicted molar refractivity (Wildman–Crippen MR) is 247 cm³/mol. The SMILES string of the molecule is COC1C(COP(=O)(O)OP(=O)(O)OP(=O)(O)OCC2OC(n3cnc4c(=O)[nH]c(N)nc43)C(OC)C2OP(=O)(O)OCC2OC(n3cnc4c(=O)[nH]c(N)nc43)C(O)C2O)OC(n2c[n+](C)c3c(=O)[nH]c(N)nc32)C1O. The number of rotatable bonds is 20. The van der Waals surface area contributed by atoms with Gasteiger partial charge in [-0.2, -0.15) is 28.1 Å². The van der Waals surface area contributed by atoms with Gasteiger partial charge < -0.3 is 75.8 Å². The van der Waals surface area contributed by atoms with Crippen molar-refractivity contribution in [1.29, 1.82) is 0 Å². The number of aromatic amines is 3. The smallest absolute Gasteiger partial charge is 0.387 e. The highest BCUT2D eigenvalue weighted by Crippen LogP contribution is 2.68. The lowest BCUT2D eigenvalue weighted by atomic mass is 10.1. The number of aliphatic hydroxyl groups excluding tert-OH is 3. The molecule has 0 bridgehead atoms. The molecule has 40 nitrogen and oxygen atoms in total. The zero-order valence-corrected chi connectivity index (χ0v) is 42.9. The molecule has 16 N–H and O–H groups in total. The summed E-state index contributed by atoms with van der Waals surface area (Å²) in [6.45, 7) is -3.35. The van der Waals surface area contributed by atoms with E-state index in [1.54, 1.807) is 0 Å². The van der Waals surface area contributed by atoms with Gasteiger partial charge in [0, 0.05) is 14.2 Å². The van der Waals surface area contributed by atoms with Gasteiger partial charge in [0.1, 0.15) is 54.9 Å². The quantitative estimate of drug-likeness (QED) is 0.0252. The van der Waals surface area contributed by atoms with E-state index in [4.69, 9.17) is 59.0 Å². The second-order valence-corrected chi connectivity index (χ2v) is 22.9. The van der Waals surface area contributed by atoms with Crippen LogP contribution in [0.3, 0.4) is 0 Å². The third kappa shape index (κ3) is 11.3. The highest BCUT2D eigenvalue weighted by atomic mass is 31.3. The Morgan fingerprint density at radius 1 is 0.584 bits per heavy atom. The van der Waals surface area contributed by atoms with Gasteiger partial charge in [0.25, 0.3) is 22.3 Å². The second-order valence-electron chi connectivity index (χ2n) is 16.9. The Balaban J connectivity index is 0.875. The Kier molecular flexibility index (Phi) is 15.4. The number of imidazole rings is 3. The van der Waals surface area contributed by atoms with Crippen molar-refractivity contribution in [3.8, 4) is 0 Å². The van der Waals surface area contributed by atoms with Gasteiger partial charge in [-0.1, -0.05) is 0 Å². The van der Waals surface area contributed by atoms with Gasteiger partial charge in [0.15, 0.2) is 34.8 Å². The molecule has 9 heterocycles. The minimum absolute atomic E-state index is 0.0132. The maximum Gasteiger partial charge on any atom is 0.490 e. The Hall–Kier alpha value is -5.35. The summed E-state index contributed by atoms with van der Waals surface area (Å²) in [6.07, 6.45) is -16.3. The fourth-order valence-electron chi connectivity index (χ4n) is 8.64. The number of nitrogens with two attached hydrogens (primary N) is 3. The van der Waals surface area contributed by atoms with Crippen molar-refractivity contribution < 1.29 is 108 Å². The number of nitrogens with zero attached hydrogens (tertiary/aromatic N) is 9. The summed E-state index contributed by atoms with van der Waals surface area (Å²) in [6, 6.07) is 0. The van der Waals surface area contributed by atoms with E-state index >= 15 is 0 Å². The number of aryl methyl sites for hydroxylation is 1. The molecule has 0 radical (unpaired) electrons. The largest absolute Gasteiger partial charge is 0.490 e. The third-order valence-corrected chi connectivity index (χ3v) is 17.1. The molecular formula is C33H46N15O25P4+. The van der Waals surface area contributed by atoms with Crippen LogP contribution >= 0.6 is 31.3 Å². The van der Waals surface area contributed by atoms with E-state index in [9.17, 15) is 67.5 Å². The number of H-pyrrole nitrogens is 3. The van der Waals surface area contributed by atoms with E-state index in [-0.39, 0.29) is 45.4 Å². The molecule has 77 heavy (non-hydrogen) atoms. The lowest BCUT2D eigenvalue weighted by Crippen LogP contribution is -2.38. The molecule has 3 aliphatic rings. The first-order chi connectivity index (χ1) is 36.1. The fourth-order valence-corrected chi connectivity index (χ4v) is 13.1. The van der Waals surface area contributed by atoms with Gasteiger partial charge in [-0.3, -0.25) is 56.6 Å². The van der Waals surface area contributed by atoms with Crippen LogP contribution in [0, 0.1) is 0 Å². The summed E-state index contributed by atoms with van der Waals surface area (Å²) in [5.74, 6) is -1.01. The number of methoxy groups -OCH3 is 2. The fraction of sp³-hybridized carbons (Fsp3) is 0.545. The molecule has 6 aromatic heterocycles. The van der Waals surface area contributed by atoms with Crippen molar-refractivity contribution >= 4 is 82.6 Å². The van der Waals surface area contributed by atoms with Crippen LogP contribution in [-0.4, -0.2) is 177 Å². The lowest BCUT2D eigenvalue weighted by molar-refractivity contribution is -0.646. The number of nitrogens with one attached hydrogen (secondary N) is 3. The highest BCUT2D eigenvalue weighted by Gasteiger charge is 2.54. The topological polar surface area (TPSA) is 571 Å². The van der Waals surface area contributed by atoms with E-state index < -0.39 is 147 Å². The van der Waals surface area contributed by atoms with Gasteiger partial charge in [-0.25, -0.2) is 32.8 Å². The number of phosphoric ester groups is 3. The first-order valence-corrected chi connectivity index (χ1v) is 27.7. The van der Waals surface area contributed by atoms with Crippen LogP contribution in [0.1, 0.15) is 18.7 Å². The molecule has 16 unspecified atom stereocenters. The Morgan fingerprint density at radius 2 is 1.03 bits per heavy atom. The van der Waals surface area contributed by atoms with Crippen molar-refractivity contribution in [3.63, 3.8) is 0 Å². The average molecular weight is 1180 g/mol. The molecule has 422 valence electrons. The van der Waals surface area contributed by atoms with E-state index in [1.807, 2.05) is 0 Å². The number of aliphatic hydroxyl groups is 3. The maximum atomic E-state index is 13.7. The number of nitrogen functional groups attached to an aromatic ring is 3. The van der Waals surface area contributed by atoms with Crippen molar-refractivity contribution in [3.05, 3.63) is 50.0 Å². The van der Waals surface area contributed by atoms with Gasteiger partial charge in [0.2, 0.25) is 30.4 Å². The van der Waals surface area contributed by atoms with Crippen molar-refractivity contribution in [2.24, 2.45) is 7.05 Å². The zero-order chi connectivity index (χ0) is 55.8. The molecule has 0 saturated carbocycles. The summed E-state index contributed by atoms with van der Waals surface area (Å²) in [7, 11) is -19.9. The minimum Gasteiger partial charge on any atom is -0.387 e. The predicted octanol–water partition coefficient (Wildman–Crippen LogP) is -4.76. The summed E-state index contributed by atoms with van der Waals surface area (Å²) in [5, 5.41) is 32.8. The van der Waals surface area contributed by atoms with Gasteiger partial charge >= 0.3 is 36.9 Å². The molecule has 6 aromatic rings. The third-order valence-electron chi connectivity index (χ3n) is 11.9. The summed E-state index contributed by atoms with van der Waals surface area (Å²) >= 11 is 0. The standard InChI is InChI=1S/C33H45N15O25P4/c1-45-9-48(24-15(45)27(54)44-33(36)41-24)29-18(51)19(63-2)11(69-29)5-66-75(57,58)72-77(61,62)73-76(59,60)67-6-12-20(21(64-3)30(70-12)47-8-38-14-23(47)40-32(35)43-26(14)53)71-74(55,56)65-4-10-16(49)17(50)28(68-10)46-7-37-13-22(46)39-31(34)42-25(13)52/h7-12,16-21,28-30,49-51H,4-6H2,1-3H3,(H12-,34,35,36,39,40,41,42,43,44,52,53,54,55,56,57,58,59,60,61,62)/p+1. The number of ether oxygens (including phenoxy) is 5. The van der Waals surface area contributed by atoms with Gasteiger partial charge in [0.05, 0.1) is 39.5 Å². The summed E-state index contributed by atoms with van der Waals surface area (Å²) in [4.78, 5) is 107. The normalized spacial score (nSPS) is 30.0. The Bertz CT molecular complexity index is 3610. The molecule has 3 fully saturated rings. The molecule has 3 saturated heterocycles. The van der Waals surface area contributed by atoms with E-state index in [0.29, 0.717) is 0 Å². The molecule has 0 aliphatic carbocycles. The van der Waals surface area contributed by atoms with Gasteiger partial charge in [-0.05, 0) is 0 Å². The van der Waals surface area contributed by atoms with Crippen LogP contribution in [0.5, 0.6) is 0 Å². The number of anilines is 3. The van der Waals surface area contributed by atoms with Crippen LogP contribution < -0.4 is 38.4 Å². The first kappa shape index (κ1) is 56.4. The maximum absolute atomic E-state index is 13.7. The molecule has 3 aliphatic heterocycles. The van der Waals surface area contributed by atoms with Crippen LogP contribution in [-0.2, 0) is 75.7 Å². The van der Waals surface area contributed by atoms with Gasteiger partial charge in [-0.15, -0.1) is 0 Å². The van der Waals surface area contributed by atoms with Crippen LogP contribution in [0.15, 0.2) is 33.4 Å². The molecule has 9 rings (SSSR count). The van der Waals surface area contributed by atoms with Crippen LogP contribution in [0.4, 0.5) is 17.8 Å². The van der Waals surface area contributed by atoms with E-state index in [2.05, 4.69) is 48.5 Å². The molecule has 0 aromatic carbocycles. The molecule has 16 atom stereocenters. The molecule has 0 spiro atoms. The monoisotopic (exact) mass is 1180 g/mol. The summed E-state index contributed by atoms with van der Waals surface area (Å²) in [5.41, 5.74) is 13.9. The number of phosphoric acid groups is 4. The molecule has 0 amide bonds. The highest BCUT2D eigenvalue weighted by molar-refractivity contribution is 7.66. The number of hydrogen-bond acceptors (Lipinski definition) is 29. The van der Waals surface area contributed by atoms with Crippen molar-refractivity contribution in [2.45, 2.75) is 73.6 Å². The number of aromatic nitrogens is 12. The second kappa shape index (κ2) is 21.0. The van der Waals surface area contributed by atoms with Crippen LogP contribution in [0.2, 0.25) is 0 Å². The van der Waals surface area contributed by atoms with Crippen molar-refractivity contribution in [2.75, 3.05) is 51.2 Å². The number of hydrogen-bond donors (Lipinski definition) is 13. The lowest BCUT2D eigenvalue weighted by Gasteiger charge is -2.26. The van der Waals surface area contributed by atoms with Crippen molar-refractivity contribution in [1.82, 2.24) is 53.6 Å². The average Bonchev–Trinajstić information content (AvgIpc) is 4.18. The van der Waals surface area contributed by atoms with E-state index in [1.165, 1.54) is 22.5 Å². The Morgan fingerprint density at radius 3 is 1.57 bits per heavy atom. The first-order valence-electron chi connectivity index (χ1n) is 21.7. The zero-order valence-electron chi connectivity index (χ0n) is 39.3. The van der Waals surface area contributed by atoms with E-state index in [0.717, 1.165) is 36.0 Å². The van der Waals surface area contributed by atoms with Crippen LogP contribution in [0.25, 0.3) is 33.5 Å². The minimum atomic E-state index is -6.21. The number of fused-ring (bicyclic) bond motifs is 3. The molecular weight excluding hydrogens is 1130 g/mol. The summed E-state index contributed by atoms with van der Waals surface area (Å²) < 4.78 is 115. The Labute approximate surface area is 425 Å². The molecule has 44 heteroatoms.